The van der Waals surface area contributed by atoms with E-state index in [0.717, 1.165) is 19.4 Å². The number of likely N-dealkylation sites (N-methyl/N-ethyl adjacent to an activating group) is 1. The van der Waals surface area contributed by atoms with Crippen LogP contribution in [0.1, 0.15) is 30.9 Å². The largest absolute Gasteiger partial charge is 0.313 e. The number of nitrogens with zero attached hydrogens (tertiary/aromatic N) is 2. The maximum absolute atomic E-state index is 12.5. The van der Waals surface area contributed by atoms with Crippen LogP contribution >= 0.6 is 0 Å². The summed E-state index contributed by atoms with van der Waals surface area (Å²) in [6.07, 6.45) is 2.14. The molecule has 5 nitrogen and oxygen atoms in total. The Morgan fingerprint density at radius 2 is 2.10 bits per heavy atom. The minimum Gasteiger partial charge on any atom is -0.313 e. The smallest absolute Gasteiger partial charge is 0.218 e. The van der Waals surface area contributed by atoms with Crippen LogP contribution in [-0.2, 0) is 15.8 Å². The zero-order valence-corrected chi connectivity index (χ0v) is 13.1. The van der Waals surface area contributed by atoms with E-state index < -0.39 is 10.0 Å². The molecule has 1 unspecified atom stereocenters. The highest BCUT2D eigenvalue weighted by Crippen LogP contribution is 2.15. The molecule has 0 bridgehead atoms. The Morgan fingerprint density at radius 1 is 1.38 bits per heavy atom. The summed E-state index contributed by atoms with van der Waals surface area (Å²) in [4.78, 5) is 0. The maximum Gasteiger partial charge on any atom is 0.218 e. The SMILES string of the molecule is CCN(CC1CCCN1)S(=O)(=O)Cc1ccc(C#N)cc1. The molecule has 1 atom stereocenters. The van der Waals surface area contributed by atoms with E-state index in [1.165, 1.54) is 0 Å². The Balaban J connectivity index is 2.05. The minimum absolute atomic E-state index is 0.0146. The van der Waals surface area contributed by atoms with Crippen LogP contribution in [0.3, 0.4) is 0 Å². The van der Waals surface area contributed by atoms with Gasteiger partial charge >= 0.3 is 0 Å². The quantitative estimate of drug-likeness (QED) is 0.863. The molecular formula is C15H21N3O2S. The lowest BCUT2D eigenvalue weighted by Gasteiger charge is -2.24. The van der Waals surface area contributed by atoms with Gasteiger partial charge in [0.15, 0.2) is 0 Å². The van der Waals surface area contributed by atoms with Crippen LogP contribution in [-0.4, -0.2) is 38.4 Å². The van der Waals surface area contributed by atoms with E-state index in [-0.39, 0.29) is 11.8 Å². The molecule has 1 aromatic rings. The highest BCUT2D eigenvalue weighted by atomic mass is 32.2. The molecule has 6 heteroatoms. The first-order chi connectivity index (χ1) is 10.0. The molecule has 1 N–H and O–H groups in total. The van der Waals surface area contributed by atoms with Crippen molar-refractivity contribution >= 4 is 10.0 Å². The molecule has 0 aliphatic carbocycles. The van der Waals surface area contributed by atoms with Crippen molar-refractivity contribution in [1.82, 2.24) is 9.62 Å². The number of hydrogen-bond acceptors (Lipinski definition) is 4. The third kappa shape index (κ3) is 4.27. The zero-order chi connectivity index (χ0) is 15.3. The second kappa shape index (κ2) is 7.03. The normalized spacial score (nSPS) is 18.8. The fourth-order valence-corrected chi connectivity index (χ4v) is 4.17. The maximum atomic E-state index is 12.5. The van der Waals surface area contributed by atoms with Crippen molar-refractivity contribution in [3.63, 3.8) is 0 Å². The topological polar surface area (TPSA) is 73.2 Å². The molecule has 1 aromatic carbocycles. The van der Waals surface area contributed by atoms with Gasteiger partial charge in [-0.05, 0) is 37.1 Å². The first kappa shape index (κ1) is 16.0. The highest BCUT2D eigenvalue weighted by molar-refractivity contribution is 7.88. The summed E-state index contributed by atoms with van der Waals surface area (Å²) in [6, 6.07) is 9.01. The standard InChI is InChI=1S/C15H21N3O2S/c1-2-18(11-15-4-3-9-17-15)21(19,20)12-14-7-5-13(10-16)6-8-14/h5-8,15,17H,2-4,9,11-12H2,1H3. The van der Waals surface area contributed by atoms with Crippen LogP contribution in [0.5, 0.6) is 0 Å². The molecular weight excluding hydrogens is 286 g/mol. The van der Waals surface area contributed by atoms with Gasteiger partial charge in [0, 0.05) is 19.1 Å². The number of hydrogen-bond donors (Lipinski definition) is 1. The van der Waals surface area contributed by atoms with Crippen molar-refractivity contribution in [2.45, 2.75) is 31.6 Å². The van der Waals surface area contributed by atoms with Gasteiger partial charge in [0.05, 0.1) is 17.4 Å². The predicted octanol–water partition coefficient (Wildman–Crippen LogP) is 1.46. The van der Waals surface area contributed by atoms with Crippen molar-refractivity contribution in [2.75, 3.05) is 19.6 Å². The van der Waals surface area contributed by atoms with Crippen LogP contribution in [0.15, 0.2) is 24.3 Å². The molecule has 0 radical (unpaired) electrons. The van der Waals surface area contributed by atoms with Gasteiger partial charge in [0.25, 0.3) is 0 Å². The summed E-state index contributed by atoms with van der Waals surface area (Å²) in [7, 11) is -3.32. The average Bonchev–Trinajstić information content (AvgIpc) is 2.98. The molecule has 1 aliphatic rings. The number of rotatable bonds is 6. The number of nitriles is 1. The van der Waals surface area contributed by atoms with Crippen molar-refractivity contribution < 1.29 is 8.42 Å². The molecule has 21 heavy (non-hydrogen) atoms. The average molecular weight is 307 g/mol. The van der Waals surface area contributed by atoms with Crippen LogP contribution in [0.2, 0.25) is 0 Å². The second-order valence-corrected chi connectivity index (χ2v) is 7.28. The fraction of sp³-hybridized carbons (Fsp3) is 0.533. The molecule has 1 aliphatic heterocycles. The number of sulfonamides is 1. The van der Waals surface area contributed by atoms with Crippen LogP contribution in [0, 0.1) is 11.3 Å². The first-order valence-corrected chi connectivity index (χ1v) is 8.86. The lowest BCUT2D eigenvalue weighted by molar-refractivity contribution is 0.382. The summed E-state index contributed by atoms with van der Waals surface area (Å²) < 4.78 is 26.6. The molecule has 0 spiro atoms. The van der Waals surface area contributed by atoms with Gasteiger partial charge in [-0.2, -0.15) is 5.26 Å². The molecule has 1 heterocycles. The molecule has 0 saturated carbocycles. The number of benzene rings is 1. The van der Waals surface area contributed by atoms with Gasteiger partial charge in [0.1, 0.15) is 0 Å². The Kier molecular flexibility index (Phi) is 5.34. The molecule has 0 aromatic heterocycles. The zero-order valence-electron chi connectivity index (χ0n) is 12.2. The third-order valence-corrected chi connectivity index (χ3v) is 5.66. The molecule has 1 fully saturated rings. The van der Waals surface area contributed by atoms with Crippen molar-refractivity contribution in [1.29, 1.82) is 5.26 Å². The Hall–Kier alpha value is -1.42. The van der Waals surface area contributed by atoms with Gasteiger partial charge in [-0.1, -0.05) is 19.1 Å². The molecule has 0 amide bonds. The lowest BCUT2D eigenvalue weighted by atomic mass is 10.2. The van der Waals surface area contributed by atoms with Gasteiger partial charge < -0.3 is 5.32 Å². The summed E-state index contributed by atoms with van der Waals surface area (Å²) in [5.74, 6) is -0.0146. The molecule has 1 saturated heterocycles. The fourth-order valence-electron chi connectivity index (χ4n) is 2.58. The second-order valence-electron chi connectivity index (χ2n) is 5.31. The van der Waals surface area contributed by atoms with Crippen molar-refractivity contribution in [2.24, 2.45) is 0 Å². The predicted molar refractivity (Wildman–Crippen MR) is 82.1 cm³/mol. The van der Waals surface area contributed by atoms with Gasteiger partial charge in [-0.15, -0.1) is 0 Å². The van der Waals surface area contributed by atoms with Crippen molar-refractivity contribution in [3.05, 3.63) is 35.4 Å². The minimum atomic E-state index is -3.32. The van der Waals surface area contributed by atoms with Crippen LogP contribution < -0.4 is 5.32 Å². The van der Waals surface area contributed by atoms with E-state index >= 15 is 0 Å². The molecule has 114 valence electrons. The summed E-state index contributed by atoms with van der Waals surface area (Å²) in [5.41, 5.74) is 1.26. The summed E-state index contributed by atoms with van der Waals surface area (Å²) in [6.45, 7) is 3.86. The van der Waals surface area contributed by atoms with Crippen LogP contribution in [0.25, 0.3) is 0 Å². The van der Waals surface area contributed by atoms with E-state index in [0.29, 0.717) is 24.2 Å². The van der Waals surface area contributed by atoms with E-state index in [4.69, 9.17) is 5.26 Å². The molecule has 2 rings (SSSR count). The van der Waals surface area contributed by atoms with Gasteiger partial charge in [-0.25, -0.2) is 12.7 Å². The van der Waals surface area contributed by atoms with E-state index in [1.807, 2.05) is 13.0 Å². The Bertz CT molecular complexity index is 599. The van der Waals surface area contributed by atoms with Crippen LogP contribution in [0.4, 0.5) is 0 Å². The lowest BCUT2D eigenvalue weighted by Crippen LogP contribution is -2.41. The highest BCUT2D eigenvalue weighted by Gasteiger charge is 2.25. The number of nitrogens with one attached hydrogen (secondary N) is 1. The van der Waals surface area contributed by atoms with Crippen molar-refractivity contribution in [3.8, 4) is 6.07 Å². The first-order valence-electron chi connectivity index (χ1n) is 7.25. The third-order valence-electron chi connectivity index (χ3n) is 3.76. The Labute approximate surface area is 126 Å². The summed E-state index contributed by atoms with van der Waals surface area (Å²) >= 11 is 0. The summed E-state index contributed by atoms with van der Waals surface area (Å²) in [5, 5.41) is 12.1. The van der Waals surface area contributed by atoms with E-state index in [2.05, 4.69) is 5.32 Å². The van der Waals surface area contributed by atoms with E-state index in [9.17, 15) is 8.42 Å². The van der Waals surface area contributed by atoms with Gasteiger partial charge in [0.2, 0.25) is 10.0 Å². The van der Waals surface area contributed by atoms with Gasteiger partial charge in [-0.3, -0.25) is 0 Å². The monoisotopic (exact) mass is 307 g/mol. The Morgan fingerprint density at radius 3 is 2.62 bits per heavy atom. The van der Waals surface area contributed by atoms with E-state index in [1.54, 1.807) is 28.6 Å².